The minimum absolute atomic E-state index is 0.368. The summed E-state index contributed by atoms with van der Waals surface area (Å²) in [4.78, 5) is 4.24. The van der Waals surface area contributed by atoms with E-state index in [0.29, 0.717) is 18.4 Å². The molecule has 0 aliphatic rings. The molecule has 3 rings (SSSR count). The fraction of sp³-hybridized carbons (Fsp3) is 0.125. The number of aryl methyl sites for hydroxylation is 1. The molecule has 3 N–H and O–H groups in total. The molecule has 106 valence electrons. The summed E-state index contributed by atoms with van der Waals surface area (Å²) in [5.74, 6) is 0.894. The van der Waals surface area contributed by atoms with E-state index >= 15 is 0 Å². The molecule has 1 heterocycles. The lowest BCUT2D eigenvalue weighted by molar-refractivity contribution is 0.887. The molecular formula is C16H17N5. The van der Waals surface area contributed by atoms with Crippen LogP contribution in [0.15, 0.2) is 54.6 Å². The highest BCUT2D eigenvalue weighted by molar-refractivity contribution is 5.42. The highest BCUT2D eigenvalue weighted by Crippen LogP contribution is 2.14. The molecule has 0 aliphatic carbocycles. The van der Waals surface area contributed by atoms with E-state index in [4.69, 9.17) is 5.73 Å². The molecule has 0 atom stereocenters. The van der Waals surface area contributed by atoms with Crippen LogP contribution < -0.4 is 11.1 Å². The van der Waals surface area contributed by atoms with Crippen molar-refractivity contribution in [3.63, 3.8) is 0 Å². The van der Waals surface area contributed by atoms with Gasteiger partial charge in [-0.25, -0.2) is 0 Å². The van der Waals surface area contributed by atoms with Crippen molar-refractivity contribution in [3.8, 4) is 5.69 Å². The standard InChI is InChI=1S/C16H17N5/c1-12-6-5-7-13(10-12)11-18-16-19-15(17)21(20-16)14-8-3-2-4-9-14/h2-10H,11H2,1H3,(H3,17,18,19,20). The van der Waals surface area contributed by atoms with E-state index in [2.05, 4.69) is 40.5 Å². The first kappa shape index (κ1) is 13.2. The molecular weight excluding hydrogens is 262 g/mol. The Morgan fingerprint density at radius 3 is 2.67 bits per heavy atom. The van der Waals surface area contributed by atoms with E-state index < -0.39 is 0 Å². The quantitative estimate of drug-likeness (QED) is 0.770. The van der Waals surface area contributed by atoms with Crippen LogP contribution in [0.4, 0.5) is 11.9 Å². The first-order chi connectivity index (χ1) is 10.2. The van der Waals surface area contributed by atoms with Gasteiger partial charge in [0, 0.05) is 6.54 Å². The van der Waals surface area contributed by atoms with Gasteiger partial charge in [-0.15, -0.1) is 5.10 Å². The highest BCUT2D eigenvalue weighted by atomic mass is 15.4. The minimum Gasteiger partial charge on any atom is -0.368 e. The summed E-state index contributed by atoms with van der Waals surface area (Å²) in [6.45, 7) is 2.74. The van der Waals surface area contributed by atoms with Crippen molar-refractivity contribution < 1.29 is 0 Å². The van der Waals surface area contributed by atoms with Crippen LogP contribution in [0.2, 0.25) is 0 Å². The van der Waals surface area contributed by atoms with Gasteiger partial charge in [0.2, 0.25) is 11.9 Å². The van der Waals surface area contributed by atoms with E-state index in [1.165, 1.54) is 11.1 Å². The number of nitrogens with two attached hydrogens (primary N) is 1. The zero-order valence-electron chi connectivity index (χ0n) is 11.8. The van der Waals surface area contributed by atoms with Crippen molar-refractivity contribution in [3.05, 3.63) is 65.7 Å². The van der Waals surface area contributed by atoms with Gasteiger partial charge < -0.3 is 11.1 Å². The van der Waals surface area contributed by atoms with E-state index in [1.54, 1.807) is 4.68 Å². The molecule has 0 amide bonds. The molecule has 0 bridgehead atoms. The third-order valence-corrected chi connectivity index (χ3v) is 3.17. The van der Waals surface area contributed by atoms with Crippen molar-refractivity contribution in [2.75, 3.05) is 11.1 Å². The summed E-state index contributed by atoms with van der Waals surface area (Å²) < 4.78 is 1.62. The van der Waals surface area contributed by atoms with Gasteiger partial charge in [-0.05, 0) is 24.6 Å². The monoisotopic (exact) mass is 279 g/mol. The van der Waals surface area contributed by atoms with Crippen molar-refractivity contribution in [1.29, 1.82) is 0 Å². The smallest absolute Gasteiger partial charge is 0.244 e. The Morgan fingerprint density at radius 1 is 1.10 bits per heavy atom. The van der Waals surface area contributed by atoms with Crippen molar-refractivity contribution in [2.24, 2.45) is 0 Å². The van der Waals surface area contributed by atoms with Crippen LogP contribution in [0.5, 0.6) is 0 Å². The number of nitrogens with one attached hydrogen (secondary N) is 1. The van der Waals surface area contributed by atoms with Crippen molar-refractivity contribution in [1.82, 2.24) is 14.8 Å². The lowest BCUT2D eigenvalue weighted by Crippen LogP contribution is -2.03. The van der Waals surface area contributed by atoms with Crippen molar-refractivity contribution >= 4 is 11.9 Å². The normalized spacial score (nSPS) is 10.5. The molecule has 5 nitrogen and oxygen atoms in total. The maximum atomic E-state index is 5.92. The molecule has 2 aromatic carbocycles. The van der Waals surface area contributed by atoms with Crippen LogP contribution in [0.1, 0.15) is 11.1 Å². The molecule has 5 heteroatoms. The predicted octanol–water partition coefficient (Wildman–Crippen LogP) is 2.77. The van der Waals surface area contributed by atoms with Gasteiger partial charge in [0.1, 0.15) is 0 Å². The van der Waals surface area contributed by atoms with Gasteiger partial charge >= 0.3 is 0 Å². The summed E-state index contributed by atoms with van der Waals surface area (Å²) in [5, 5.41) is 7.58. The summed E-state index contributed by atoms with van der Waals surface area (Å²) in [6.07, 6.45) is 0. The molecule has 0 saturated carbocycles. The fourth-order valence-electron chi connectivity index (χ4n) is 2.16. The lowest BCUT2D eigenvalue weighted by atomic mass is 10.1. The highest BCUT2D eigenvalue weighted by Gasteiger charge is 2.08. The number of para-hydroxylation sites is 1. The number of anilines is 2. The first-order valence-corrected chi connectivity index (χ1v) is 6.80. The van der Waals surface area contributed by atoms with Crippen LogP contribution in [0.25, 0.3) is 5.69 Å². The Hall–Kier alpha value is -2.82. The maximum Gasteiger partial charge on any atom is 0.244 e. The van der Waals surface area contributed by atoms with Gasteiger partial charge in [-0.2, -0.15) is 9.67 Å². The number of aromatic nitrogens is 3. The zero-order chi connectivity index (χ0) is 14.7. The van der Waals surface area contributed by atoms with Crippen LogP contribution in [-0.2, 0) is 6.54 Å². The Bertz CT molecular complexity index is 733. The second-order valence-electron chi connectivity index (χ2n) is 4.88. The number of hydrogen-bond acceptors (Lipinski definition) is 4. The second kappa shape index (κ2) is 5.66. The molecule has 0 unspecified atom stereocenters. The van der Waals surface area contributed by atoms with Gasteiger partial charge in [0.05, 0.1) is 5.69 Å². The predicted molar refractivity (Wildman–Crippen MR) is 84.3 cm³/mol. The molecule has 0 aliphatic heterocycles. The molecule has 3 aromatic rings. The first-order valence-electron chi connectivity index (χ1n) is 6.80. The second-order valence-corrected chi connectivity index (χ2v) is 4.88. The molecule has 1 aromatic heterocycles. The summed E-state index contributed by atoms with van der Waals surface area (Å²) in [6, 6.07) is 18.0. The molecule has 0 radical (unpaired) electrons. The van der Waals surface area contributed by atoms with Crippen molar-refractivity contribution in [2.45, 2.75) is 13.5 Å². The third-order valence-electron chi connectivity index (χ3n) is 3.17. The number of nitrogen functional groups attached to an aromatic ring is 1. The fourth-order valence-corrected chi connectivity index (χ4v) is 2.16. The van der Waals surface area contributed by atoms with E-state index in [9.17, 15) is 0 Å². The van der Waals surface area contributed by atoms with Gasteiger partial charge in [0.15, 0.2) is 0 Å². The van der Waals surface area contributed by atoms with Crippen LogP contribution in [0, 0.1) is 6.92 Å². The number of rotatable bonds is 4. The molecule has 0 saturated heterocycles. The van der Waals surface area contributed by atoms with Gasteiger partial charge in [-0.1, -0.05) is 48.0 Å². The maximum absolute atomic E-state index is 5.92. The van der Waals surface area contributed by atoms with E-state index in [-0.39, 0.29) is 0 Å². The average Bonchev–Trinajstić information content (AvgIpc) is 2.87. The number of nitrogens with zero attached hydrogens (tertiary/aromatic N) is 3. The largest absolute Gasteiger partial charge is 0.368 e. The zero-order valence-corrected chi connectivity index (χ0v) is 11.8. The number of hydrogen-bond donors (Lipinski definition) is 2. The van der Waals surface area contributed by atoms with E-state index in [0.717, 1.165) is 5.69 Å². The van der Waals surface area contributed by atoms with Crippen LogP contribution in [0.3, 0.4) is 0 Å². The Labute approximate surface area is 123 Å². The van der Waals surface area contributed by atoms with Crippen LogP contribution in [-0.4, -0.2) is 14.8 Å². The number of benzene rings is 2. The van der Waals surface area contributed by atoms with Gasteiger partial charge in [0.25, 0.3) is 0 Å². The minimum atomic E-state index is 0.368. The third kappa shape index (κ3) is 3.02. The lowest BCUT2D eigenvalue weighted by Gasteiger charge is -2.03. The molecule has 21 heavy (non-hydrogen) atoms. The molecule has 0 fully saturated rings. The Morgan fingerprint density at radius 2 is 1.90 bits per heavy atom. The summed E-state index contributed by atoms with van der Waals surface area (Å²) in [7, 11) is 0. The van der Waals surface area contributed by atoms with Gasteiger partial charge in [-0.3, -0.25) is 0 Å². The topological polar surface area (TPSA) is 68.8 Å². The Kier molecular flexibility index (Phi) is 3.55. The molecule has 0 spiro atoms. The summed E-state index contributed by atoms with van der Waals surface area (Å²) in [5.41, 5.74) is 9.23. The SMILES string of the molecule is Cc1cccc(CNc2nc(N)n(-c3ccccc3)n2)c1. The summed E-state index contributed by atoms with van der Waals surface area (Å²) >= 11 is 0. The van der Waals surface area contributed by atoms with E-state index in [1.807, 2.05) is 36.4 Å². The average molecular weight is 279 g/mol. The Balaban J connectivity index is 1.76. The van der Waals surface area contributed by atoms with Crippen LogP contribution >= 0.6 is 0 Å².